The quantitative estimate of drug-likeness (QED) is 0.519. The molecule has 1 aliphatic carbocycles. The van der Waals surface area contributed by atoms with Crippen molar-refractivity contribution in [2.75, 3.05) is 6.54 Å². The van der Waals surface area contributed by atoms with Crippen molar-refractivity contribution in [1.29, 1.82) is 0 Å². The third-order valence-electron chi connectivity index (χ3n) is 2.89. The van der Waals surface area contributed by atoms with Crippen LogP contribution in [-0.4, -0.2) is 41.6 Å². The van der Waals surface area contributed by atoms with Crippen LogP contribution >= 0.6 is 0 Å². The molecule has 0 radical (unpaired) electrons. The predicted octanol–water partition coefficient (Wildman–Crippen LogP) is 0.454. The van der Waals surface area contributed by atoms with Crippen LogP contribution in [-0.2, 0) is 9.59 Å². The Morgan fingerprint density at radius 1 is 1.25 bits per heavy atom. The number of carbonyl (C=O) groups excluding carboxylic acids is 2. The minimum atomic E-state index is -1.06. The fraction of sp³-hybridized carbons (Fsp3) is 0.769. The first-order valence-electron chi connectivity index (χ1n) is 6.95. The van der Waals surface area contributed by atoms with E-state index in [9.17, 15) is 14.4 Å². The molecule has 0 aromatic carbocycles. The van der Waals surface area contributed by atoms with E-state index in [0.717, 1.165) is 12.8 Å². The van der Waals surface area contributed by atoms with Crippen LogP contribution in [0.15, 0.2) is 0 Å². The topological polar surface area (TPSA) is 108 Å². The van der Waals surface area contributed by atoms with Gasteiger partial charge in [0.2, 0.25) is 5.91 Å². The van der Waals surface area contributed by atoms with Crippen LogP contribution < -0.4 is 16.0 Å². The average Bonchev–Trinajstić information content (AvgIpc) is 3.11. The molecule has 0 saturated heterocycles. The van der Waals surface area contributed by atoms with Gasteiger partial charge in [-0.25, -0.2) is 9.59 Å². The van der Waals surface area contributed by atoms with Gasteiger partial charge in [0, 0.05) is 19.0 Å². The first-order valence-corrected chi connectivity index (χ1v) is 6.95. The van der Waals surface area contributed by atoms with Crippen molar-refractivity contribution in [1.82, 2.24) is 16.0 Å². The lowest BCUT2D eigenvalue weighted by Gasteiger charge is -2.16. The zero-order valence-corrected chi connectivity index (χ0v) is 11.9. The van der Waals surface area contributed by atoms with Gasteiger partial charge >= 0.3 is 12.0 Å². The lowest BCUT2D eigenvalue weighted by molar-refractivity contribution is -0.139. The molecule has 1 saturated carbocycles. The molecule has 4 N–H and O–H groups in total. The molecule has 1 rings (SSSR count). The summed E-state index contributed by atoms with van der Waals surface area (Å²) in [4.78, 5) is 33.9. The van der Waals surface area contributed by atoms with Crippen molar-refractivity contribution in [2.45, 2.75) is 51.6 Å². The molecule has 0 aromatic rings. The molecule has 0 unspecified atom stereocenters. The van der Waals surface area contributed by atoms with Crippen LogP contribution in [0.5, 0.6) is 0 Å². The van der Waals surface area contributed by atoms with Crippen LogP contribution in [0.1, 0.15) is 39.5 Å². The minimum absolute atomic E-state index is 0.0928. The largest absolute Gasteiger partial charge is 0.480 e. The van der Waals surface area contributed by atoms with Gasteiger partial charge in [-0.2, -0.15) is 0 Å². The lowest BCUT2D eigenvalue weighted by atomic mass is 10.0. The molecule has 114 valence electrons. The number of carboxylic acids is 1. The zero-order valence-electron chi connectivity index (χ0n) is 11.9. The fourth-order valence-electron chi connectivity index (χ4n) is 1.72. The summed E-state index contributed by atoms with van der Waals surface area (Å²) in [5.41, 5.74) is 0. The highest BCUT2D eigenvalue weighted by atomic mass is 16.4. The van der Waals surface area contributed by atoms with Crippen LogP contribution in [0.4, 0.5) is 4.79 Å². The van der Waals surface area contributed by atoms with Crippen LogP contribution in [0.3, 0.4) is 0 Å². The highest BCUT2D eigenvalue weighted by Crippen LogP contribution is 2.18. The Morgan fingerprint density at radius 3 is 2.40 bits per heavy atom. The monoisotopic (exact) mass is 285 g/mol. The van der Waals surface area contributed by atoms with Gasteiger partial charge in [0.25, 0.3) is 0 Å². The molecule has 1 fully saturated rings. The number of carboxylic acid groups (broad SMARTS) is 1. The summed E-state index contributed by atoms with van der Waals surface area (Å²) in [6, 6.07) is -1.16. The molecule has 1 atom stereocenters. The Morgan fingerprint density at radius 2 is 1.90 bits per heavy atom. The summed E-state index contributed by atoms with van der Waals surface area (Å²) in [6.07, 6.45) is 2.61. The van der Waals surface area contributed by atoms with E-state index in [1.54, 1.807) is 0 Å². The molecule has 3 amide bonds. The van der Waals surface area contributed by atoms with Crippen LogP contribution in [0.25, 0.3) is 0 Å². The van der Waals surface area contributed by atoms with E-state index in [2.05, 4.69) is 16.0 Å². The van der Waals surface area contributed by atoms with Gasteiger partial charge < -0.3 is 21.1 Å². The second-order valence-corrected chi connectivity index (χ2v) is 5.51. The molecular weight excluding hydrogens is 262 g/mol. The third-order valence-corrected chi connectivity index (χ3v) is 2.89. The highest BCUT2D eigenvalue weighted by molar-refractivity contribution is 5.83. The number of aliphatic carboxylic acids is 1. The van der Waals surface area contributed by atoms with Gasteiger partial charge in [0.05, 0.1) is 0 Å². The molecule has 7 nitrogen and oxygen atoms in total. The standard InChI is InChI=1S/C13H23N3O4/c1-8(2)7-10(12(18)19)16-13(20)14-6-5-11(17)15-9-3-4-9/h8-10H,3-7H2,1-2H3,(H,15,17)(H,18,19)(H2,14,16,20)/t10-/m0/s1. The Labute approximate surface area is 118 Å². The van der Waals surface area contributed by atoms with Crippen molar-refractivity contribution in [2.24, 2.45) is 5.92 Å². The number of rotatable bonds is 8. The van der Waals surface area contributed by atoms with Gasteiger partial charge in [-0.3, -0.25) is 4.79 Å². The van der Waals surface area contributed by atoms with Crippen molar-refractivity contribution in [3.63, 3.8) is 0 Å². The number of hydrogen-bond acceptors (Lipinski definition) is 3. The summed E-state index contributed by atoms with van der Waals surface area (Å²) in [7, 11) is 0. The SMILES string of the molecule is CC(C)C[C@H](NC(=O)NCCC(=O)NC1CC1)C(=O)O. The fourth-order valence-corrected chi connectivity index (χ4v) is 1.72. The summed E-state index contributed by atoms with van der Waals surface area (Å²) in [5, 5.41) is 16.7. The number of hydrogen-bond donors (Lipinski definition) is 4. The Kier molecular flexibility index (Phi) is 6.27. The summed E-state index contributed by atoms with van der Waals surface area (Å²) >= 11 is 0. The average molecular weight is 285 g/mol. The van der Waals surface area contributed by atoms with Gasteiger partial charge in [-0.05, 0) is 25.2 Å². The highest BCUT2D eigenvalue weighted by Gasteiger charge is 2.23. The van der Waals surface area contributed by atoms with E-state index >= 15 is 0 Å². The van der Waals surface area contributed by atoms with Crippen molar-refractivity contribution < 1.29 is 19.5 Å². The van der Waals surface area contributed by atoms with Crippen molar-refractivity contribution >= 4 is 17.9 Å². The molecule has 20 heavy (non-hydrogen) atoms. The Hall–Kier alpha value is -1.79. The maximum atomic E-state index is 11.5. The summed E-state index contributed by atoms with van der Waals surface area (Å²) in [6.45, 7) is 3.97. The molecule has 0 bridgehead atoms. The molecular formula is C13H23N3O4. The molecule has 7 heteroatoms. The summed E-state index contributed by atoms with van der Waals surface area (Å²) < 4.78 is 0. The lowest BCUT2D eigenvalue weighted by Crippen LogP contribution is -2.47. The number of urea groups is 1. The normalized spacial score (nSPS) is 15.6. The van der Waals surface area contributed by atoms with E-state index in [-0.39, 0.29) is 24.8 Å². The van der Waals surface area contributed by atoms with Crippen LogP contribution in [0, 0.1) is 5.92 Å². The number of amides is 3. The zero-order chi connectivity index (χ0) is 15.1. The van der Waals surface area contributed by atoms with E-state index in [1.807, 2.05) is 13.8 Å². The van der Waals surface area contributed by atoms with E-state index in [4.69, 9.17) is 5.11 Å². The first kappa shape index (κ1) is 16.3. The van der Waals surface area contributed by atoms with Crippen LogP contribution in [0.2, 0.25) is 0 Å². The van der Waals surface area contributed by atoms with Gasteiger partial charge in [-0.1, -0.05) is 13.8 Å². The second kappa shape index (κ2) is 7.72. The van der Waals surface area contributed by atoms with Gasteiger partial charge in [-0.15, -0.1) is 0 Å². The van der Waals surface area contributed by atoms with Crippen molar-refractivity contribution in [3.05, 3.63) is 0 Å². The third kappa shape index (κ3) is 6.96. The number of nitrogens with one attached hydrogen (secondary N) is 3. The molecule has 0 heterocycles. The Balaban J connectivity index is 2.19. The van der Waals surface area contributed by atoms with Gasteiger partial charge in [0.15, 0.2) is 0 Å². The Bertz CT molecular complexity index is 367. The van der Waals surface area contributed by atoms with E-state index in [1.165, 1.54) is 0 Å². The number of carbonyl (C=O) groups is 3. The molecule has 0 aliphatic heterocycles. The van der Waals surface area contributed by atoms with E-state index in [0.29, 0.717) is 12.5 Å². The molecule has 1 aliphatic rings. The molecule has 0 spiro atoms. The minimum Gasteiger partial charge on any atom is -0.480 e. The predicted molar refractivity (Wildman–Crippen MR) is 73.2 cm³/mol. The summed E-state index contributed by atoms with van der Waals surface area (Å²) in [5.74, 6) is -0.981. The smallest absolute Gasteiger partial charge is 0.326 e. The first-order chi connectivity index (χ1) is 9.38. The maximum absolute atomic E-state index is 11.5. The second-order valence-electron chi connectivity index (χ2n) is 5.51. The van der Waals surface area contributed by atoms with E-state index < -0.39 is 18.0 Å². The van der Waals surface area contributed by atoms with Gasteiger partial charge in [0.1, 0.15) is 6.04 Å². The maximum Gasteiger partial charge on any atom is 0.326 e. The van der Waals surface area contributed by atoms with Crippen molar-refractivity contribution in [3.8, 4) is 0 Å². The molecule has 0 aromatic heterocycles.